The molecule has 0 unspecified atom stereocenters. The summed E-state index contributed by atoms with van der Waals surface area (Å²) in [5, 5.41) is 2.21. The monoisotopic (exact) mass is 313 g/mol. The van der Waals surface area contributed by atoms with E-state index in [-0.39, 0.29) is 0 Å². The summed E-state index contributed by atoms with van der Waals surface area (Å²) in [7, 11) is 2.07. The Morgan fingerprint density at radius 1 is 1.00 bits per heavy atom. The Morgan fingerprint density at radius 2 is 1.92 bits per heavy atom. The Kier molecular flexibility index (Phi) is 2.70. The summed E-state index contributed by atoms with van der Waals surface area (Å²) in [6.07, 6.45) is 5.56. The Bertz CT molecular complexity index is 1200. The molecule has 24 heavy (non-hydrogen) atoms. The molecule has 0 aliphatic carbocycles. The van der Waals surface area contributed by atoms with Crippen LogP contribution in [0.15, 0.2) is 61.2 Å². The van der Waals surface area contributed by atoms with Gasteiger partial charge in [0.15, 0.2) is 0 Å². The van der Waals surface area contributed by atoms with E-state index in [1.54, 1.807) is 6.33 Å². The molecule has 0 saturated heterocycles. The van der Waals surface area contributed by atoms with Gasteiger partial charge in [-0.3, -0.25) is 0 Å². The van der Waals surface area contributed by atoms with Gasteiger partial charge in [0.1, 0.15) is 12.2 Å². The van der Waals surface area contributed by atoms with Crippen molar-refractivity contribution in [3.05, 3.63) is 67.0 Å². The minimum Gasteiger partial charge on any atom is -0.340 e. The molecule has 0 saturated carbocycles. The van der Waals surface area contributed by atoms with Gasteiger partial charge in [0, 0.05) is 30.2 Å². The van der Waals surface area contributed by atoms with Crippen LogP contribution in [0.4, 0.5) is 0 Å². The summed E-state index contributed by atoms with van der Waals surface area (Å²) in [5.41, 5.74) is 4.34. The van der Waals surface area contributed by atoms with Crippen LogP contribution in [0.5, 0.6) is 0 Å². The quantitative estimate of drug-likeness (QED) is 0.501. The lowest BCUT2D eigenvalue weighted by molar-refractivity contribution is 0.728. The lowest BCUT2D eigenvalue weighted by atomic mass is 10.2. The van der Waals surface area contributed by atoms with Crippen LogP contribution in [0.3, 0.4) is 0 Å². The number of nitrogens with zero attached hydrogens (tertiary/aromatic N) is 5. The summed E-state index contributed by atoms with van der Waals surface area (Å²) in [5.74, 6) is 1.04. The number of aryl methyl sites for hydroxylation is 1. The predicted molar refractivity (Wildman–Crippen MR) is 94.9 cm³/mol. The molecule has 116 valence electrons. The normalized spacial score (nSPS) is 11.7. The average Bonchev–Trinajstić information content (AvgIpc) is 3.18. The van der Waals surface area contributed by atoms with Gasteiger partial charge in [-0.15, -0.1) is 0 Å². The zero-order valence-electron chi connectivity index (χ0n) is 13.2. The van der Waals surface area contributed by atoms with Gasteiger partial charge in [-0.2, -0.15) is 0 Å². The fourth-order valence-corrected chi connectivity index (χ4v) is 3.35. The number of rotatable bonds is 2. The molecule has 0 bridgehead atoms. The number of aromatic nitrogens is 5. The molecule has 3 aromatic heterocycles. The maximum absolute atomic E-state index is 4.77. The molecule has 0 fully saturated rings. The lowest BCUT2D eigenvalue weighted by Crippen LogP contribution is -2.04. The smallest absolute Gasteiger partial charge is 0.129 e. The Balaban J connectivity index is 1.66. The van der Waals surface area contributed by atoms with Crippen molar-refractivity contribution in [2.75, 3.05) is 0 Å². The van der Waals surface area contributed by atoms with E-state index in [2.05, 4.69) is 62.7 Å². The molecule has 5 aromatic rings. The number of benzene rings is 2. The van der Waals surface area contributed by atoms with Crippen molar-refractivity contribution in [3.63, 3.8) is 0 Å². The second-order valence-corrected chi connectivity index (χ2v) is 5.98. The highest BCUT2D eigenvalue weighted by Gasteiger charge is 2.11. The van der Waals surface area contributed by atoms with Crippen LogP contribution in [0.1, 0.15) is 5.82 Å². The van der Waals surface area contributed by atoms with E-state index in [0.717, 1.165) is 45.2 Å². The summed E-state index contributed by atoms with van der Waals surface area (Å²) < 4.78 is 4.38. The van der Waals surface area contributed by atoms with Crippen molar-refractivity contribution in [1.29, 1.82) is 0 Å². The molecular formula is C19H15N5. The zero-order valence-corrected chi connectivity index (χ0v) is 13.2. The third-order valence-electron chi connectivity index (χ3n) is 4.61. The van der Waals surface area contributed by atoms with Crippen LogP contribution in [0, 0.1) is 0 Å². The van der Waals surface area contributed by atoms with Crippen molar-refractivity contribution < 1.29 is 0 Å². The molecule has 3 heterocycles. The molecule has 0 N–H and O–H groups in total. The Labute approximate surface area is 138 Å². The standard InChI is InChI=1S/C19H15N5/c1-23-17-5-3-2-4-15(17)22-18(23)11-24-9-8-14-16(24)7-6-13-10-20-12-21-19(13)14/h2-10,12H,11H2,1H3. The molecule has 0 atom stereocenters. The first-order valence-electron chi connectivity index (χ1n) is 7.89. The lowest BCUT2D eigenvalue weighted by Gasteiger charge is -2.06. The van der Waals surface area contributed by atoms with Gasteiger partial charge in [-0.1, -0.05) is 12.1 Å². The van der Waals surface area contributed by atoms with E-state index < -0.39 is 0 Å². The molecular weight excluding hydrogens is 298 g/mol. The first kappa shape index (κ1) is 13.2. The van der Waals surface area contributed by atoms with Crippen molar-refractivity contribution in [2.24, 2.45) is 7.05 Å². The molecule has 0 spiro atoms. The zero-order chi connectivity index (χ0) is 16.1. The maximum atomic E-state index is 4.77. The van der Waals surface area contributed by atoms with Crippen LogP contribution in [-0.4, -0.2) is 24.1 Å². The molecule has 0 radical (unpaired) electrons. The SMILES string of the molecule is Cn1c(Cn2ccc3c4ncncc4ccc32)nc2ccccc21. The highest BCUT2D eigenvalue weighted by molar-refractivity contribution is 6.03. The number of hydrogen-bond donors (Lipinski definition) is 0. The highest BCUT2D eigenvalue weighted by Crippen LogP contribution is 2.25. The van der Waals surface area contributed by atoms with E-state index in [9.17, 15) is 0 Å². The van der Waals surface area contributed by atoms with E-state index in [4.69, 9.17) is 4.98 Å². The third-order valence-corrected chi connectivity index (χ3v) is 4.61. The van der Waals surface area contributed by atoms with Crippen LogP contribution in [-0.2, 0) is 13.6 Å². The van der Waals surface area contributed by atoms with E-state index >= 15 is 0 Å². The van der Waals surface area contributed by atoms with Crippen molar-refractivity contribution in [1.82, 2.24) is 24.1 Å². The Morgan fingerprint density at radius 3 is 2.83 bits per heavy atom. The van der Waals surface area contributed by atoms with E-state index in [0.29, 0.717) is 0 Å². The minimum atomic E-state index is 0.727. The highest BCUT2D eigenvalue weighted by atomic mass is 15.1. The molecule has 5 nitrogen and oxygen atoms in total. The van der Waals surface area contributed by atoms with Gasteiger partial charge in [0.25, 0.3) is 0 Å². The third kappa shape index (κ3) is 1.84. The summed E-state index contributed by atoms with van der Waals surface area (Å²) in [4.78, 5) is 13.3. The Hall–Kier alpha value is -3.21. The number of fused-ring (bicyclic) bond motifs is 4. The van der Waals surface area contributed by atoms with Gasteiger partial charge >= 0.3 is 0 Å². The van der Waals surface area contributed by atoms with Crippen molar-refractivity contribution in [2.45, 2.75) is 6.54 Å². The first-order chi connectivity index (χ1) is 11.8. The molecule has 5 rings (SSSR count). The molecule has 2 aromatic carbocycles. The van der Waals surface area contributed by atoms with Crippen LogP contribution >= 0.6 is 0 Å². The second-order valence-electron chi connectivity index (χ2n) is 5.98. The fraction of sp³-hybridized carbons (Fsp3) is 0.105. The molecule has 0 amide bonds. The fourth-order valence-electron chi connectivity index (χ4n) is 3.35. The molecule has 0 aliphatic rings. The maximum Gasteiger partial charge on any atom is 0.129 e. The number of para-hydroxylation sites is 2. The summed E-state index contributed by atoms with van der Waals surface area (Å²) >= 11 is 0. The van der Waals surface area contributed by atoms with Crippen molar-refractivity contribution >= 4 is 32.8 Å². The number of hydrogen-bond acceptors (Lipinski definition) is 3. The first-order valence-corrected chi connectivity index (χ1v) is 7.89. The van der Waals surface area contributed by atoms with Gasteiger partial charge < -0.3 is 9.13 Å². The summed E-state index contributed by atoms with van der Waals surface area (Å²) in [6.45, 7) is 0.727. The average molecular weight is 313 g/mol. The van der Waals surface area contributed by atoms with Gasteiger partial charge in [0.05, 0.1) is 28.6 Å². The largest absolute Gasteiger partial charge is 0.340 e. The summed E-state index contributed by atoms with van der Waals surface area (Å²) in [6, 6.07) is 14.5. The van der Waals surface area contributed by atoms with E-state index in [1.165, 1.54) is 0 Å². The minimum absolute atomic E-state index is 0.727. The van der Waals surface area contributed by atoms with Gasteiger partial charge in [-0.25, -0.2) is 15.0 Å². The van der Waals surface area contributed by atoms with E-state index in [1.807, 2.05) is 18.3 Å². The predicted octanol–water partition coefficient (Wildman–Crippen LogP) is 3.52. The van der Waals surface area contributed by atoms with Crippen molar-refractivity contribution in [3.8, 4) is 0 Å². The second kappa shape index (κ2) is 4.89. The van der Waals surface area contributed by atoms with Gasteiger partial charge in [-0.05, 0) is 30.3 Å². The molecule has 0 aliphatic heterocycles. The topological polar surface area (TPSA) is 48.5 Å². The number of imidazole rings is 1. The van der Waals surface area contributed by atoms with Crippen LogP contribution < -0.4 is 0 Å². The van der Waals surface area contributed by atoms with Gasteiger partial charge in [0.2, 0.25) is 0 Å². The van der Waals surface area contributed by atoms with Crippen LogP contribution in [0.2, 0.25) is 0 Å². The molecule has 5 heteroatoms. The van der Waals surface area contributed by atoms with Crippen LogP contribution in [0.25, 0.3) is 32.8 Å².